The van der Waals surface area contributed by atoms with Crippen LogP contribution in [0.4, 0.5) is 5.69 Å². The third-order valence-corrected chi connectivity index (χ3v) is 4.82. The highest BCUT2D eigenvalue weighted by Crippen LogP contribution is 2.20. The first kappa shape index (κ1) is 19.2. The summed E-state index contributed by atoms with van der Waals surface area (Å²) in [6.07, 6.45) is -0.00547. The molecule has 25 heavy (non-hydrogen) atoms. The van der Waals surface area contributed by atoms with Crippen LogP contribution in [-0.2, 0) is 14.8 Å². The molecule has 0 heterocycles. The third kappa shape index (κ3) is 5.74. The minimum absolute atomic E-state index is 0.00547. The molecule has 6 nitrogen and oxygen atoms in total. The third-order valence-electron chi connectivity index (χ3n) is 3.08. The number of hydrogen-bond acceptors (Lipinski definition) is 4. The van der Waals surface area contributed by atoms with Crippen molar-refractivity contribution in [2.75, 3.05) is 11.9 Å². The predicted molar refractivity (Wildman–Crippen MR) is 97.5 cm³/mol. The Bertz CT molecular complexity index is 836. The molecule has 0 saturated carbocycles. The van der Waals surface area contributed by atoms with Gasteiger partial charge in [-0.1, -0.05) is 23.7 Å². The highest BCUT2D eigenvalue weighted by Gasteiger charge is 2.16. The van der Waals surface area contributed by atoms with Crippen molar-refractivity contribution in [1.29, 1.82) is 0 Å². The van der Waals surface area contributed by atoms with Gasteiger partial charge in [0.1, 0.15) is 5.75 Å². The Labute approximate surface area is 152 Å². The van der Waals surface area contributed by atoms with Crippen molar-refractivity contribution in [2.45, 2.75) is 24.8 Å². The van der Waals surface area contributed by atoms with E-state index in [0.29, 0.717) is 16.5 Å². The summed E-state index contributed by atoms with van der Waals surface area (Å²) in [4.78, 5) is 12.0. The molecular formula is C17H19ClN2O4S. The summed E-state index contributed by atoms with van der Waals surface area (Å²) < 4.78 is 32.2. The molecule has 2 N–H and O–H groups in total. The number of para-hydroxylation sites is 1. The molecule has 0 spiro atoms. The standard InChI is InChI=1S/C17H19ClN2O4S/c1-12(2)24-13-7-9-14(10-8-13)25(22,23)19-11-17(21)20-16-6-4-3-5-15(16)18/h3-10,12,19H,11H2,1-2H3,(H,20,21). The zero-order valence-corrected chi connectivity index (χ0v) is 15.4. The molecule has 8 heteroatoms. The van der Waals surface area contributed by atoms with E-state index in [1.54, 1.807) is 36.4 Å². The number of carbonyl (C=O) groups is 1. The lowest BCUT2D eigenvalue weighted by atomic mass is 10.3. The van der Waals surface area contributed by atoms with Gasteiger partial charge in [-0.15, -0.1) is 0 Å². The number of nitrogens with one attached hydrogen (secondary N) is 2. The highest BCUT2D eigenvalue weighted by atomic mass is 35.5. The first-order valence-electron chi connectivity index (χ1n) is 7.59. The topological polar surface area (TPSA) is 84.5 Å². The molecule has 0 radical (unpaired) electrons. The Balaban J connectivity index is 1.96. The Morgan fingerprint density at radius 1 is 1.12 bits per heavy atom. The largest absolute Gasteiger partial charge is 0.491 e. The fourth-order valence-corrected chi connectivity index (χ4v) is 3.14. The van der Waals surface area contributed by atoms with Crippen LogP contribution >= 0.6 is 11.6 Å². The summed E-state index contributed by atoms with van der Waals surface area (Å²) in [5, 5.41) is 2.92. The van der Waals surface area contributed by atoms with Gasteiger partial charge in [0.15, 0.2) is 0 Å². The molecular weight excluding hydrogens is 364 g/mol. The van der Waals surface area contributed by atoms with Gasteiger partial charge < -0.3 is 10.1 Å². The Morgan fingerprint density at radius 3 is 2.36 bits per heavy atom. The SMILES string of the molecule is CC(C)Oc1ccc(S(=O)(=O)NCC(=O)Nc2ccccc2Cl)cc1. The quantitative estimate of drug-likeness (QED) is 0.770. The van der Waals surface area contributed by atoms with Crippen molar-refractivity contribution in [3.05, 3.63) is 53.6 Å². The van der Waals surface area contributed by atoms with E-state index in [2.05, 4.69) is 10.0 Å². The van der Waals surface area contributed by atoms with Gasteiger partial charge in [-0.2, -0.15) is 0 Å². The maximum Gasteiger partial charge on any atom is 0.241 e. The Morgan fingerprint density at radius 2 is 1.76 bits per heavy atom. The molecule has 2 aromatic rings. The Hall–Kier alpha value is -2.09. The molecule has 1 amide bonds. The van der Waals surface area contributed by atoms with Gasteiger partial charge in [0.25, 0.3) is 0 Å². The van der Waals surface area contributed by atoms with E-state index >= 15 is 0 Å². The number of rotatable bonds is 7. The average Bonchev–Trinajstić information content (AvgIpc) is 2.55. The van der Waals surface area contributed by atoms with E-state index in [-0.39, 0.29) is 11.0 Å². The number of anilines is 1. The summed E-state index contributed by atoms with van der Waals surface area (Å²) >= 11 is 5.94. The molecule has 0 saturated heterocycles. The monoisotopic (exact) mass is 382 g/mol. The van der Waals surface area contributed by atoms with E-state index in [1.165, 1.54) is 12.1 Å². The molecule has 0 unspecified atom stereocenters. The second kappa shape index (κ2) is 8.33. The second-order valence-electron chi connectivity index (χ2n) is 5.49. The summed E-state index contributed by atoms with van der Waals surface area (Å²) in [5.74, 6) is 0.0573. The van der Waals surface area contributed by atoms with Crippen LogP contribution in [-0.4, -0.2) is 27.0 Å². The fraction of sp³-hybridized carbons (Fsp3) is 0.235. The van der Waals surface area contributed by atoms with Crippen LogP contribution in [0.25, 0.3) is 0 Å². The van der Waals surface area contributed by atoms with E-state index in [9.17, 15) is 13.2 Å². The van der Waals surface area contributed by atoms with Gasteiger partial charge in [-0.3, -0.25) is 4.79 Å². The molecule has 0 aromatic heterocycles. The summed E-state index contributed by atoms with van der Waals surface area (Å²) in [7, 11) is -3.80. The van der Waals surface area contributed by atoms with Gasteiger partial charge in [0.2, 0.25) is 15.9 Å². The van der Waals surface area contributed by atoms with Gasteiger partial charge in [-0.25, -0.2) is 13.1 Å². The van der Waals surface area contributed by atoms with E-state index in [0.717, 1.165) is 0 Å². The molecule has 0 fully saturated rings. The molecule has 0 bridgehead atoms. The molecule has 0 aliphatic rings. The summed E-state index contributed by atoms with van der Waals surface area (Å²) in [6, 6.07) is 12.7. The van der Waals surface area contributed by atoms with Crippen molar-refractivity contribution >= 4 is 33.2 Å². The number of halogens is 1. The minimum atomic E-state index is -3.80. The maximum absolute atomic E-state index is 12.2. The molecule has 134 valence electrons. The normalized spacial score (nSPS) is 11.4. The smallest absolute Gasteiger partial charge is 0.241 e. The molecule has 0 atom stereocenters. The van der Waals surface area contributed by atoms with Gasteiger partial charge in [0.05, 0.1) is 28.3 Å². The summed E-state index contributed by atoms with van der Waals surface area (Å²) in [6.45, 7) is 3.35. The van der Waals surface area contributed by atoms with Crippen LogP contribution in [0.3, 0.4) is 0 Å². The first-order chi connectivity index (χ1) is 11.8. The highest BCUT2D eigenvalue weighted by molar-refractivity contribution is 7.89. The number of benzene rings is 2. The van der Waals surface area contributed by atoms with Gasteiger partial charge in [0, 0.05) is 0 Å². The van der Waals surface area contributed by atoms with Crippen LogP contribution in [0.2, 0.25) is 5.02 Å². The van der Waals surface area contributed by atoms with E-state index < -0.39 is 22.5 Å². The number of carbonyl (C=O) groups excluding carboxylic acids is 1. The van der Waals surface area contributed by atoms with Crippen LogP contribution in [0.5, 0.6) is 5.75 Å². The minimum Gasteiger partial charge on any atom is -0.491 e. The molecule has 0 aliphatic carbocycles. The van der Waals surface area contributed by atoms with Crippen LogP contribution in [0.1, 0.15) is 13.8 Å². The Kier molecular flexibility index (Phi) is 6.41. The average molecular weight is 383 g/mol. The zero-order chi connectivity index (χ0) is 18.4. The van der Waals surface area contributed by atoms with Crippen molar-refractivity contribution in [1.82, 2.24) is 4.72 Å². The molecule has 2 rings (SSSR count). The second-order valence-corrected chi connectivity index (χ2v) is 7.66. The number of sulfonamides is 1. The van der Waals surface area contributed by atoms with Gasteiger partial charge in [-0.05, 0) is 50.2 Å². The number of ether oxygens (including phenoxy) is 1. The zero-order valence-electron chi connectivity index (χ0n) is 13.8. The van der Waals surface area contributed by atoms with Crippen LogP contribution in [0.15, 0.2) is 53.4 Å². The van der Waals surface area contributed by atoms with Crippen molar-refractivity contribution < 1.29 is 17.9 Å². The summed E-state index contributed by atoms with van der Waals surface area (Å²) in [5.41, 5.74) is 0.420. The lowest BCUT2D eigenvalue weighted by molar-refractivity contribution is -0.115. The number of amides is 1. The van der Waals surface area contributed by atoms with Crippen molar-refractivity contribution in [3.8, 4) is 5.75 Å². The lowest BCUT2D eigenvalue weighted by Crippen LogP contribution is -2.32. The molecule has 0 aliphatic heterocycles. The fourth-order valence-electron chi connectivity index (χ4n) is 1.97. The lowest BCUT2D eigenvalue weighted by Gasteiger charge is -2.11. The first-order valence-corrected chi connectivity index (χ1v) is 9.45. The number of hydrogen-bond donors (Lipinski definition) is 2. The molecule has 2 aromatic carbocycles. The van der Waals surface area contributed by atoms with Crippen molar-refractivity contribution in [3.63, 3.8) is 0 Å². The van der Waals surface area contributed by atoms with E-state index in [4.69, 9.17) is 16.3 Å². The van der Waals surface area contributed by atoms with Gasteiger partial charge >= 0.3 is 0 Å². The maximum atomic E-state index is 12.2. The van der Waals surface area contributed by atoms with Crippen LogP contribution < -0.4 is 14.8 Å². The predicted octanol–water partition coefficient (Wildman–Crippen LogP) is 3.04. The van der Waals surface area contributed by atoms with Crippen molar-refractivity contribution in [2.24, 2.45) is 0 Å². The van der Waals surface area contributed by atoms with Crippen LogP contribution in [0, 0.1) is 0 Å². The van der Waals surface area contributed by atoms with E-state index in [1.807, 2.05) is 13.8 Å².